The number of fused-ring (bicyclic) bond motifs is 1. The van der Waals surface area contributed by atoms with Crippen molar-refractivity contribution in [3.8, 4) is 0 Å². The van der Waals surface area contributed by atoms with Gasteiger partial charge in [-0.25, -0.2) is 0 Å². The summed E-state index contributed by atoms with van der Waals surface area (Å²) < 4.78 is 5.63. The average molecular weight is 215 g/mol. The van der Waals surface area contributed by atoms with Gasteiger partial charge in [0.25, 0.3) is 0 Å². The van der Waals surface area contributed by atoms with Crippen molar-refractivity contribution in [2.45, 2.75) is 37.0 Å². The first-order valence-corrected chi connectivity index (χ1v) is 6.76. The van der Waals surface area contributed by atoms with Crippen LogP contribution in [0.3, 0.4) is 0 Å². The molecule has 0 amide bonds. The van der Waals surface area contributed by atoms with E-state index in [0.717, 1.165) is 23.6 Å². The van der Waals surface area contributed by atoms with E-state index in [9.17, 15) is 0 Å². The molecule has 14 heavy (non-hydrogen) atoms. The summed E-state index contributed by atoms with van der Waals surface area (Å²) in [5.41, 5.74) is 5.67. The summed E-state index contributed by atoms with van der Waals surface area (Å²) in [5, 5.41) is 0.866. The fraction of sp³-hybridized carbons (Fsp3) is 1.00. The van der Waals surface area contributed by atoms with Crippen LogP contribution in [0, 0.1) is 11.8 Å². The monoisotopic (exact) mass is 215 g/mol. The van der Waals surface area contributed by atoms with Gasteiger partial charge >= 0.3 is 0 Å². The summed E-state index contributed by atoms with van der Waals surface area (Å²) in [7, 11) is 1.87. The van der Waals surface area contributed by atoms with Crippen LogP contribution in [-0.4, -0.2) is 30.8 Å². The van der Waals surface area contributed by atoms with Gasteiger partial charge in [0.1, 0.15) is 0 Å². The van der Waals surface area contributed by atoms with Crippen molar-refractivity contribution in [2.24, 2.45) is 17.6 Å². The maximum absolute atomic E-state index is 5.67. The van der Waals surface area contributed by atoms with E-state index in [1.165, 1.54) is 31.4 Å². The summed E-state index contributed by atoms with van der Waals surface area (Å²) in [5.74, 6) is 2.93. The Morgan fingerprint density at radius 2 is 2.29 bits per heavy atom. The molecular weight excluding hydrogens is 194 g/mol. The summed E-state index contributed by atoms with van der Waals surface area (Å²) >= 11 is 2.16. The van der Waals surface area contributed by atoms with E-state index >= 15 is 0 Å². The fourth-order valence-electron chi connectivity index (χ4n) is 3.07. The molecule has 0 spiro atoms. The van der Waals surface area contributed by atoms with Crippen molar-refractivity contribution in [2.75, 3.05) is 19.4 Å². The van der Waals surface area contributed by atoms with Gasteiger partial charge in [0.15, 0.2) is 0 Å². The molecule has 2 aliphatic rings. The lowest BCUT2D eigenvalue weighted by atomic mass is 9.77. The molecule has 0 aromatic carbocycles. The lowest BCUT2D eigenvalue weighted by molar-refractivity contribution is 0.00969. The minimum Gasteiger partial charge on any atom is -0.381 e. The Morgan fingerprint density at radius 3 is 3.00 bits per heavy atom. The highest BCUT2D eigenvalue weighted by atomic mass is 32.2. The molecule has 2 fully saturated rings. The zero-order valence-corrected chi connectivity index (χ0v) is 9.76. The first-order chi connectivity index (χ1) is 6.86. The lowest BCUT2D eigenvalue weighted by Crippen LogP contribution is -2.37. The van der Waals surface area contributed by atoms with Crippen molar-refractivity contribution >= 4 is 11.8 Å². The smallest absolute Gasteiger partial charge is 0.0613 e. The zero-order chi connectivity index (χ0) is 9.97. The van der Waals surface area contributed by atoms with Gasteiger partial charge in [-0.05, 0) is 43.9 Å². The van der Waals surface area contributed by atoms with E-state index < -0.39 is 0 Å². The molecule has 2 nitrogen and oxygen atoms in total. The molecule has 1 saturated heterocycles. The van der Waals surface area contributed by atoms with Crippen LogP contribution in [0.15, 0.2) is 0 Å². The van der Waals surface area contributed by atoms with Crippen molar-refractivity contribution in [3.05, 3.63) is 0 Å². The third kappa shape index (κ3) is 1.95. The van der Waals surface area contributed by atoms with Crippen LogP contribution in [0.25, 0.3) is 0 Å². The topological polar surface area (TPSA) is 35.2 Å². The molecule has 1 aliphatic heterocycles. The van der Waals surface area contributed by atoms with Crippen LogP contribution < -0.4 is 5.73 Å². The number of ether oxygens (including phenoxy) is 1. The van der Waals surface area contributed by atoms with Crippen LogP contribution in [-0.2, 0) is 4.74 Å². The van der Waals surface area contributed by atoms with Gasteiger partial charge in [0, 0.05) is 18.3 Å². The highest BCUT2D eigenvalue weighted by Gasteiger charge is 2.43. The summed E-state index contributed by atoms with van der Waals surface area (Å²) in [6.45, 7) is 0.838. The van der Waals surface area contributed by atoms with E-state index in [2.05, 4.69) is 11.8 Å². The van der Waals surface area contributed by atoms with Crippen molar-refractivity contribution < 1.29 is 4.74 Å². The number of nitrogens with two attached hydrogens (primary N) is 1. The largest absolute Gasteiger partial charge is 0.381 e. The number of thioether (sulfide) groups is 1. The molecule has 82 valence electrons. The minimum absolute atomic E-state index is 0.514. The molecule has 0 aromatic rings. The first-order valence-electron chi connectivity index (χ1n) is 5.71. The Labute approximate surface area is 91.0 Å². The molecule has 4 atom stereocenters. The van der Waals surface area contributed by atoms with Crippen LogP contribution in [0.4, 0.5) is 0 Å². The molecular formula is C11H21NOS. The van der Waals surface area contributed by atoms with Gasteiger partial charge in [0.05, 0.1) is 6.10 Å². The second kappa shape index (κ2) is 4.86. The minimum atomic E-state index is 0.514. The fourth-order valence-corrected chi connectivity index (χ4v) is 4.91. The van der Waals surface area contributed by atoms with Gasteiger partial charge in [-0.1, -0.05) is 0 Å². The molecule has 0 aromatic heterocycles. The highest BCUT2D eigenvalue weighted by molar-refractivity contribution is 8.00. The molecule has 2 N–H and O–H groups in total. The molecule has 1 aliphatic carbocycles. The Kier molecular flexibility index (Phi) is 3.74. The summed E-state index contributed by atoms with van der Waals surface area (Å²) in [4.78, 5) is 0. The molecule has 1 heterocycles. The first kappa shape index (κ1) is 10.8. The maximum Gasteiger partial charge on any atom is 0.0613 e. The quantitative estimate of drug-likeness (QED) is 0.781. The number of hydrogen-bond donors (Lipinski definition) is 1. The van der Waals surface area contributed by atoms with E-state index in [-0.39, 0.29) is 0 Å². The van der Waals surface area contributed by atoms with Crippen molar-refractivity contribution in [1.82, 2.24) is 0 Å². The number of rotatable bonds is 3. The summed E-state index contributed by atoms with van der Waals surface area (Å²) in [6, 6.07) is 0. The number of hydrogen-bond acceptors (Lipinski definition) is 3. The summed E-state index contributed by atoms with van der Waals surface area (Å²) in [6.07, 6.45) is 5.71. The second-order valence-electron chi connectivity index (χ2n) is 4.49. The molecule has 4 unspecified atom stereocenters. The average Bonchev–Trinajstić information content (AvgIpc) is 2.62. The highest BCUT2D eigenvalue weighted by Crippen LogP contribution is 2.47. The Balaban J connectivity index is 2.02. The van der Waals surface area contributed by atoms with Gasteiger partial charge in [0.2, 0.25) is 0 Å². The zero-order valence-electron chi connectivity index (χ0n) is 8.95. The predicted octanol–water partition coefficient (Wildman–Crippen LogP) is 1.88. The SMILES string of the molecule is COC1CCCC2SCC(CCN)C12. The van der Waals surface area contributed by atoms with Gasteiger partial charge in [-0.15, -0.1) is 0 Å². The van der Waals surface area contributed by atoms with E-state index in [4.69, 9.17) is 10.5 Å². The van der Waals surface area contributed by atoms with Gasteiger partial charge in [-0.3, -0.25) is 0 Å². The molecule has 3 heteroatoms. The van der Waals surface area contributed by atoms with Crippen molar-refractivity contribution in [1.29, 1.82) is 0 Å². The van der Waals surface area contributed by atoms with E-state index in [1.54, 1.807) is 0 Å². The maximum atomic E-state index is 5.67. The third-order valence-electron chi connectivity index (χ3n) is 3.74. The molecule has 0 radical (unpaired) electrons. The van der Waals surface area contributed by atoms with E-state index in [1.807, 2.05) is 7.11 Å². The standard InChI is InChI=1S/C11H21NOS/c1-13-9-3-2-4-10-11(9)8(5-6-12)7-14-10/h8-11H,2-7,12H2,1H3. The van der Waals surface area contributed by atoms with Crippen LogP contribution in [0.5, 0.6) is 0 Å². The predicted molar refractivity (Wildman–Crippen MR) is 61.5 cm³/mol. The van der Waals surface area contributed by atoms with Gasteiger partial charge < -0.3 is 10.5 Å². The number of methoxy groups -OCH3 is 1. The van der Waals surface area contributed by atoms with Gasteiger partial charge in [-0.2, -0.15) is 11.8 Å². The lowest BCUT2D eigenvalue weighted by Gasteiger charge is -2.35. The Bertz CT molecular complexity index is 188. The van der Waals surface area contributed by atoms with Crippen LogP contribution in [0.2, 0.25) is 0 Å². The molecule has 2 rings (SSSR count). The molecule has 1 saturated carbocycles. The van der Waals surface area contributed by atoms with Crippen molar-refractivity contribution in [3.63, 3.8) is 0 Å². The normalized spacial score (nSPS) is 42.4. The third-order valence-corrected chi connectivity index (χ3v) is 5.34. The van der Waals surface area contributed by atoms with Crippen LogP contribution in [0.1, 0.15) is 25.7 Å². The second-order valence-corrected chi connectivity index (χ2v) is 5.76. The van der Waals surface area contributed by atoms with E-state index in [0.29, 0.717) is 6.10 Å². The Morgan fingerprint density at radius 1 is 1.43 bits per heavy atom. The molecule has 0 bridgehead atoms. The van der Waals surface area contributed by atoms with Crippen LogP contribution >= 0.6 is 11.8 Å². The Hall–Kier alpha value is 0.270.